The zero-order valence-electron chi connectivity index (χ0n) is 13.8. The fraction of sp³-hybridized carbons (Fsp3) is 0.190. The van der Waals surface area contributed by atoms with Crippen molar-refractivity contribution in [1.82, 2.24) is 4.98 Å². The summed E-state index contributed by atoms with van der Waals surface area (Å²) >= 11 is 0. The molecule has 0 N–H and O–H groups in total. The second-order valence-corrected chi connectivity index (χ2v) is 5.68. The van der Waals surface area contributed by atoms with E-state index >= 15 is 0 Å². The van der Waals surface area contributed by atoms with E-state index in [1.165, 1.54) is 0 Å². The quantitative estimate of drug-likeness (QED) is 0.633. The van der Waals surface area contributed by atoms with Crippen LogP contribution in [0, 0.1) is 6.92 Å². The summed E-state index contributed by atoms with van der Waals surface area (Å²) in [5.41, 5.74) is 4.21. The average Bonchev–Trinajstić information content (AvgIpc) is 2.64. The third kappa shape index (κ3) is 4.67. The van der Waals surface area contributed by atoms with Gasteiger partial charge >= 0.3 is 0 Å². The molecule has 0 saturated heterocycles. The van der Waals surface area contributed by atoms with Gasteiger partial charge in [0.05, 0.1) is 18.9 Å². The molecule has 24 heavy (non-hydrogen) atoms. The zero-order chi connectivity index (χ0) is 16.6. The molecule has 0 radical (unpaired) electrons. The van der Waals surface area contributed by atoms with Crippen LogP contribution in [-0.2, 0) is 24.6 Å². The predicted molar refractivity (Wildman–Crippen MR) is 94.7 cm³/mol. The molecule has 0 fully saturated rings. The van der Waals surface area contributed by atoms with Crippen LogP contribution in [0.15, 0.2) is 72.9 Å². The highest BCUT2D eigenvalue weighted by molar-refractivity contribution is 5.31. The molecule has 1 aromatic heterocycles. The predicted octanol–water partition coefficient (Wildman–Crippen LogP) is 4.69. The molecular formula is C21H21NO2. The Hall–Kier alpha value is -2.65. The monoisotopic (exact) mass is 319 g/mol. The van der Waals surface area contributed by atoms with Crippen LogP contribution in [0.25, 0.3) is 0 Å². The van der Waals surface area contributed by atoms with Crippen molar-refractivity contribution in [3.63, 3.8) is 0 Å². The van der Waals surface area contributed by atoms with E-state index in [4.69, 9.17) is 9.47 Å². The van der Waals surface area contributed by atoms with Crippen LogP contribution < -0.4 is 4.74 Å². The van der Waals surface area contributed by atoms with E-state index in [1.807, 2.05) is 55.6 Å². The van der Waals surface area contributed by atoms with Gasteiger partial charge in [-0.25, -0.2) is 0 Å². The molecule has 0 saturated carbocycles. The van der Waals surface area contributed by atoms with Gasteiger partial charge in [0.1, 0.15) is 12.4 Å². The van der Waals surface area contributed by atoms with Crippen LogP contribution in [-0.4, -0.2) is 4.98 Å². The van der Waals surface area contributed by atoms with Crippen LogP contribution >= 0.6 is 0 Å². The molecule has 0 aliphatic heterocycles. The van der Waals surface area contributed by atoms with Crippen LogP contribution in [0.5, 0.6) is 5.75 Å². The van der Waals surface area contributed by atoms with Crippen LogP contribution in [0.1, 0.15) is 22.4 Å². The average molecular weight is 319 g/mol. The zero-order valence-corrected chi connectivity index (χ0v) is 13.8. The number of aromatic nitrogens is 1. The van der Waals surface area contributed by atoms with Gasteiger partial charge in [-0.1, -0.05) is 60.7 Å². The summed E-state index contributed by atoms with van der Waals surface area (Å²) in [5, 5.41) is 0. The van der Waals surface area contributed by atoms with Crippen molar-refractivity contribution in [2.75, 3.05) is 0 Å². The molecule has 3 rings (SSSR count). The molecule has 3 nitrogen and oxygen atoms in total. The van der Waals surface area contributed by atoms with Crippen molar-refractivity contribution in [2.45, 2.75) is 26.7 Å². The van der Waals surface area contributed by atoms with Crippen molar-refractivity contribution in [3.8, 4) is 5.75 Å². The smallest absolute Gasteiger partial charge is 0.141 e. The molecule has 3 heteroatoms. The minimum atomic E-state index is 0.518. The summed E-state index contributed by atoms with van der Waals surface area (Å²) in [6.45, 7) is 3.60. The molecule has 0 atom stereocenters. The van der Waals surface area contributed by atoms with Gasteiger partial charge in [0.25, 0.3) is 0 Å². The van der Waals surface area contributed by atoms with Gasteiger partial charge in [-0.05, 0) is 29.7 Å². The Labute approximate surface area is 142 Å². The molecule has 1 heterocycles. The highest BCUT2D eigenvalue weighted by Crippen LogP contribution is 2.19. The number of nitrogens with zero attached hydrogens (tertiary/aromatic N) is 1. The van der Waals surface area contributed by atoms with Crippen LogP contribution in [0.2, 0.25) is 0 Å². The van der Waals surface area contributed by atoms with E-state index in [-0.39, 0.29) is 0 Å². The molecule has 3 aromatic rings. The number of hydrogen-bond donors (Lipinski definition) is 0. The number of pyridine rings is 1. The van der Waals surface area contributed by atoms with E-state index in [2.05, 4.69) is 29.2 Å². The summed E-state index contributed by atoms with van der Waals surface area (Å²) in [6.07, 6.45) is 1.84. The molecule has 0 amide bonds. The van der Waals surface area contributed by atoms with Gasteiger partial charge in [0.15, 0.2) is 0 Å². The normalized spacial score (nSPS) is 10.5. The molecule has 122 valence electrons. The number of ether oxygens (including phenoxy) is 2. The molecule has 0 aliphatic rings. The van der Waals surface area contributed by atoms with Crippen LogP contribution in [0.4, 0.5) is 0 Å². The summed E-state index contributed by atoms with van der Waals surface area (Å²) in [5.74, 6) is 0.805. The minimum absolute atomic E-state index is 0.518. The Balaban J connectivity index is 1.57. The van der Waals surface area contributed by atoms with Crippen molar-refractivity contribution >= 4 is 0 Å². The Morgan fingerprint density at radius 3 is 2.00 bits per heavy atom. The standard InChI is InChI=1S/C21H21NO2/c1-17-21(24-16-19-10-6-3-7-11-19)12-20(13-22-17)15-23-14-18-8-4-2-5-9-18/h2-13H,14-16H2,1H3. The molecule has 0 aliphatic carbocycles. The summed E-state index contributed by atoms with van der Waals surface area (Å²) in [6, 6.07) is 22.3. The highest BCUT2D eigenvalue weighted by atomic mass is 16.5. The van der Waals surface area contributed by atoms with Gasteiger partial charge in [-0.2, -0.15) is 0 Å². The molecule has 0 unspecified atom stereocenters. The van der Waals surface area contributed by atoms with E-state index in [9.17, 15) is 0 Å². The second kappa shape index (κ2) is 8.27. The first-order valence-corrected chi connectivity index (χ1v) is 8.05. The van der Waals surface area contributed by atoms with Crippen molar-refractivity contribution in [1.29, 1.82) is 0 Å². The topological polar surface area (TPSA) is 31.4 Å². The maximum absolute atomic E-state index is 5.91. The first kappa shape index (κ1) is 16.2. The van der Waals surface area contributed by atoms with Crippen molar-refractivity contribution in [3.05, 3.63) is 95.3 Å². The first-order chi connectivity index (χ1) is 11.8. The van der Waals surface area contributed by atoms with Gasteiger partial charge in [-0.15, -0.1) is 0 Å². The van der Waals surface area contributed by atoms with Crippen LogP contribution in [0.3, 0.4) is 0 Å². The number of aryl methyl sites for hydroxylation is 1. The number of hydrogen-bond acceptors (Lipinski definition) is 3. The fourth-order valence-corrected chi connectivity index (χ4v) is 2.37. The Morgan fingerprint density at radius 2 is 1.33 bits per heavy atom. The summed E-state index contributed by atoms with van der Waals surface area (Å²) in [4.78, 5) is 4.41. The molecular weight excluding hydrogens is 298 g/mol. The third-order valence-corrected chi connectivity index (χ3v) is 3.71. The Kier molecular flexibility index (Phi) is 5.59. The maximum atomic E-state index is 5.91. The van der Waals surface area contributed by atoms with E-state index < -0.39 is 0 Å². The lowest BCUT2D eigenvalue weighted by atomic mass is 10.2. The third-order valence-electron chi connectivity index (χ3n) is 3.71. The number of benzene rings is 2. The van der Waals surface area contributed by atoms with Crippen molar-refractivity contribution < 1.29 is 9.47 Å². The highest BCUT2D eigenvalue weighted by Gasteiger charge is 2.04. The lowest BCUT2D eigenvalue weighted by Gasteiger charge is -2.11. The largest absolute Gasteiger partial charge is 0.487 e. The summed E-state index contributed by atoms with van der Waals surface area (Å²) < 4.78 is 11.7. The second-order valence-electron chi connectivity index (χ2n) is 5.68. The van der Waals surface area contributed by atoms with E-state index in [0.717, 1.165) is 28.1 Å². The molecule has 0 spiro atoms. The Bertz CT molecular complexity index is 757. The van der Waals surface area contributed by atoms with Gasteiger partial charge in [0, 0.05) is 6.20 Å². The Morgan fingerprint density at radius 1 is 0.750 bits per heavy atom. The lowest BCUT2D eigenvalue weighted by Crippen LogP contribution is -2.01. The van der Waals surface area contributed by atoms with Gasteiger partial charge in [-0.3, -0.25) is 4.98 Å². The number of rotatable bonds is 7. The SMILES string of the molecule is Cc1ncc(COCc2ccccc2)cc1OCc1ccccc1. The van der Waals surface area contributed by atoms with Gasteiger partial charge in [0.2, 0.25) is 0 Å². The van der Waals surface area contributed by atoms with Gasteiger partial charge < -0.3 is 9.47 Å². The summed E-state index contributed by atoms with van der Waals surface area (Å²) in [7, 11) is 0. The van der Waals surface area contributed by atoms with E-state index in [1.54, 1.807) is 0 Å². The maximum Gasteiger partial charge on any atom is 0.141 e. The molecule has 0 bridgehead atoms. The van der Waals surface area contributed by atoms with E-state index in [0.29, 0.717) is 19.8 Å². The lowest BCUT2D eigenvalue weighted by molar-refractivity contribution is 0.106. The molecule has 2 aromatic carbocycles. The fourth-order valence-electron chi connectivity index (χ4n) is 2.37. The first-order valence-electron chi connectivity index (χ1n) is 8.05. The van der Waals surface area contributed by atoms with Crippen molar-refractivity contribution in [2.24, 2.45) is 0 Å². The minimum Gasteiger partial charge on any atom is -0.487 e.